The van der Waals surface area contributed by atoms with E-state index in [1.54, 1.807) is 6.07 Å². The summed E-state index contributed by atoms with van der Waals surface area (Å²) >= 11 is 0. The second-order valence-electron chi connectivity index (χ2n) is 6.69. The fourth-order valence-corrected chi connectivity index (χ4v) is 3.36. The van der Waals surface area contributed by atoms with E-state index < -0.39 is 0 Å². The number of hydrogen-bond donors (Lipinski definition) is 1. The van der Waals surface area contributed by atoms with Crippen LogP contribution in [0.25, 0.3) is 10.9 Å². The van der Waals surface area contributed by atoms with Crippen LogP contribution >= 0.6 is 0 Å². The van der Waals surface area contributed by atoms with Crippen LogP contribution in [-0.4, -0.2) is 35.6 Å². The van der Waals surface area contributed by atoms with Crippen molar-refractivity contribution in [1.29, 1.82) is 0 Å². The monoisotopic (exact) mass is 330 g/mol. The van der Waals surface area contributed by atoms with Gasteiger partial charge in [-0.05, 0) is 57.4 Å². The van der Waals surface area contributed by atoms with Gasteiger partial charge in [0, 0.05) is 24.5 Å². The number of rotatable bonds is 5. The van der Waals surface area contributed by atoms with E-state index >= 15 is 0 Å². The molecule has 0 aliphatic carbocycles. The Morgan fingerprint density at radius 3 is 2.96 bits per heavy atom. The Morgan fingerprint density at radius 2 is 2.12 bits per heavy atom. The number of anilines is 1. The summed E-state index contributed by atoms with van der Waals surface area (Å²) in [5.41, 5.74) is 1.66. The molecule has 1 unspecified atom stereocenters. The topological polar surface area (TPSA) is 41.0 Å². The molecule has 2 heterocycles. The Balaban J connectivity index is 1.72. The lowest BCUT2D eigenvalue weighted by atomic mass is 10.1. The van der Waals surface area contributed by atoms with Crippen molar-refractivity contribution in [2.75, 3.05) is 24.5 Å². The maximum absolute atomic E-state index is 13.4. The number of nitrogens with one attached hydrogen (secondary N) is 1. The summed E-state index contributed by atoms with van der Waals surface area (Å²) in [4.78, 5) is 11.6. The zero-order valence-electron chi connectivity index (χ0n) is 14.7. The molecule has 1 atom stereocenters. The normalized spacial score (nSPS) is 18.8. The fourth-order valence-electron chi connectivity index (χ4n) is 3.36. The first kappa shape index (κ1) is 17.1. The van der Waals surface area contributed by atoms with Gasteiger partial charge in [0.25, 0.3) is 0 Å². The Bertz CT molecular complexity index is 688. The van der Waals surface area contributed by atoms with Crippen LogP contribution in [-0.2, 0) is 0 Å². The molecule has 1 N–H and O–H groups in total. The summed E-state index contributed by atoms with van der Waals surface area (Å²) in [5.74, 6) is 0.540. The van der Waals surface area contributed by atoms with Gasteiger partial charge in [0.05, 0.1) is 11.2 Å². The van der Waals surface area contributed by atoms with Gasteiger partial charge < -0.3 is 10.2 Å². The van der Waals surface area contributed by atoms with E-state index in [9.17, 15) is 4.39 Å². The lowest BCUT2D eigenvalue weighted by Gasteiger charge is -2.21. The van der Waals surface area contributed by atoms with Crippen molar-refractivity contribution in [3.63, 3.8) is 0 Å². The second-order valence-corrected chi connectivity index (χ2v) is 6.69. The fraction of sp³-hybridized carbons (Fsp3) is 0.579. The average molecular weight is 330 g/mol. The summed E-state index contributed by atoms with van der Waals surface area (Å²) in [6.45, 7) is 7.22. The van der Waals surface area contributed by atoms with E-state index in [1.807, 2.05) is 6.92 Å². The smallest absolute Gasteiger partial charge is 0.226 e. The molecule has 3 rings (SSSR count). The van der Waals surface area contributed by atoms with Crippen molar-refractivity contribution in [3.05, 3.63) is 29.7 Å². The van der Waals surface area contributed by atoms with Crippen LogP contribution in [0, 0.1) is 12.7 Å². The highest BCUT2D eigenvalue weighted by Crippen LogP contribution is 2.22. The number of hydrogen-bond acceptors (Lipinski definition) is 4. The maximum Gasteiger partial charge on any atom is 0.226 e. The minimum Gasteiger partial charge on any atom is -0.341 e. The van der Waals surface area contributed by atoms with E-state index in [1.165, 1.54) is 31.4 Å². The van der Waals surface area contributed by atoms with Gasteiger partial charge in [-0.15, -0.1) is 0 Å². The molecule has 24 heavy (non-hydrogen) atoms. The number of benzene rings is 1. The van der Waals surface area contributed by atoms with E-state index in [4.69, 9.17) is 0 Å². The van der Waals surface area contributed by atoms with Gasteiger partial charge in [0.15, 0.2) is 0 Å². The predicted molar refractivity (Wildman–Crippen MR) is 97.0 cm³/mol. The van der Waals surface area contributed by atoms with Crippen LogP contribution in [0.15, 0.2) is 18.2 Å². The molecule has 1 aromatic heterocycles. The summed E-state index contributed by atoms with van der Waals surface area (Å²) in [6, 6.07) is 5.33. The highest BCUT2D eigenvalue weighted by Gasteiger charge is 2.19. The molecule has 0 amide bonds. The first-order valence-corrected chi connectivity index (χ1v) is 9.09. The molecule has 1 aliphatic heterocycles. The van der Waals surface area contributed by atoms with E-state index in [2.05, 4.69) is 27.1 Å². The van der Waals surface area contributed by atoms with Crippen LogP contribution in [0.2, 0.25) is 0 Å². The van der Waals surface area contributed by atoms with Crippen molar-refractivity contribution in [3.8, 4) is 0 Å². The third-order valence-corrected chi connectivity index (χ3v) is 4.81. The number of unbranched alkanes of at least 4 members (excludes halogenated alkanes) is 1. The lowest BCUT2D eigenvalue weighted by Crippen LogP contribution is -2.32. The summed E-state index contributed by atoms with van der Waals surface area (Å²) in [5, 5.41) is 4.47. The highest BCUT2D eigenvalue weighted by atomic mass is 19.1. The highest BCUT2D eigenvalue weighted by molar-refractivity contribution is 5.81. The third kappa shape index (κ3) is 4.01. The van der Waals surface area contributed by atoms with Crippen LogP contribution in [0.5, 0.6) is 0 Å². The number of aryl methyl sites for hydroxylation is 1. The molecule has 4 nitrogen and oxygen atoms in total. The van der Waals surface area contributed by atoms with Gasteiger partial charge in [-0.1, -0.05) is 13.3 Å². The first-order chi connectivity index (χ1) is 11.7. The summed E-state index contributed by atoms with van der Waals surface area (Å²) in [6.07, 6.45) is 5.94. The van der Waals surface area contributed by atoms with Crippen molar-refractivity contribution >= 4 is 16.9 Å². The zero-order chi connectivity index (χ0) is 16.9. The average Bonchev–Trinajstić information content (AvgIpc) is 2.81. The number of halogens is 1. The van der Waals surface area contributed by atoms with E-state index in [0.717, 1.165) is 55.0 Å². The predicted octanol–water partition coefficient (Wildman–Crippen LogP) is 3.83. The Hall–Kier alpha value is -1.75. The number of fused-ring (bicyclic) bond motifs is 1. The van der Waals surface area contributed by atoms with Crippen molar-refractivity contribution in [2.24, 2.45) is 0 Å². The maximum atomic E-state index is 13.4. The molecule has 1 aromatic carbocycles. The SMILES string of the molecule is CCCCNC1CCCN(c2nc(C)c3cc(F)ccc3n2)CC1. The van der Waals surface area contributed by atoms with Crippen LogP contribution in [0.1, 0.15) is 44.7 Å². The zero-order valence-corrected chi connectivity index (χ0v) is 14.7. The number of nitrogens with zero attached hydrogens (tertiary/aromatic N) is 3. The minimum atomic E-state index is -0.238. The van der Waals surface area contributed by atoms with Gasteiger partial charge in [0.2, 0.25) is 5.95 Å². The molecule has 1 saturated heterocycles. The van der Waals surface area contributed by atoms with Gasteiger partial charge in [-0.25, -0.2) is 14.4 Å². The molecule has 1 fully saturated rings. The standard InChI is InChI=1S/C19H27FN4/c1-3-4-10-21-16-6-5-11-24(12-9-16)19-22-14(2)17-13-15(20)7-8-18(17)23-19/h7-8,13,16,21H,3-6,9-12H2,1-2H3. The van der Waals surface area contributed by atoms with Crippen LogP contribution < -0.4 is 10.2 Å². The van der Waals surface area contributed by atoms with Crippen molar-refractivity contribution in [1.82, 2.24) is 15.3 Å². The second kappa shape index (κ2) is 7.88. The Labute approximate surface area is 143 Å². The quantitative estimate of drug-likeness (QED) is 0.846. The molecular formula is C19H27FN4. The van der Waals surface area contributed by atoms with E-state index in [0.29, 0.717) is 6.04 Å². The first-order valence-electron chi connectivity index (χ1n) is 9.09. The third-order valence-electron chi connectivity index (χ3n) is 4.81. The lowest BCUT2D eigenvalue weighted by molar-refractivity contribution is 0.464. The molecule has 2 aromatic rings. The Kier molecular flexibility index (Phi) is 5.61. The molecule has 1 aliphatic rings. The van der Waals surface area contributed by atoms with Gasteiger partial charge in [-0.2, -0.15) is 0 Å². The van der Waals surface area contributed by atoms with Gasteiger partial charge in [-0.3, -0.25) is 0 Å². The van der Waals surface area contributed by atoms with Crippen LogP contribution in [0.4, 0.5) is 10.3 Å². The molecule has 130 valence electrons. The van der Waals surface area contributed by atoms with Gasteiger partial charge >= 0.3 is 0 Å². The van der Waals surface area contributed by atoms with E-state index in [-0.39, 0.29) is 5.82 Å². The van der Waals surface area contributed by atoms with Crippen molar-refractivity contribution < 1.29 is 4.39 Å². The molecule has 0 bridgehead atoms. The summed E-state index contributed by atoms with van der Waals surface area (Å²) < 4.78 is 13.4. The molecule has 5 heteroatoms. The van der Waals surface area contributed by atoms with Gasteiger partial charge in [0.1, 0.15) is 5.82 Å². The van der Waals surface area contributed by atoms with Crippen LogP contribution in [0.3, 0.4) is 0 Å². The molecular weight excluding hydrogens is 303 g/mol. The Morgan fingerprint density at radius 1 is 1.25 bits per heavy atom. The minimum absolute atomic E-state index is 0.238. The van der Waals surface area contributed by atoms with Crippen molar-refractivity contribution in [2.45, 2.75) is 52.0 Å². The molecule has 0 saturated carbocycles. The largest absolute Gasteiger partial charge is 0.341 e. The molecule has 0 spiro atoms. The number of aromatic nitrogens is 2. The summed E-state index contributed by atoms with van der Waals surface area (Å²) in [7, 11) is 0. The molecule has 0 radical (unpaired) electrons.